The average molecular weight is 1700 g/mol. The van der Waals surface area contributed by atoms with Crippen molar-refractivity contribution in [3.63, 3.8) is 0 Å². The first-order valence-electron chi connectivity index (χ1n) is 40.9. The van der Waals surface area contributed by atoms with Crippen molar-refractivity contribution in [1.29, 1.82) is 0 Å². The molecular formula is C91H149N13O17. The minimum absolute atomic E-state index is 0.0120. The molecule has 0 spiro atoms. The van der Waals surface area contributed by atoms with Crippen LogP contribution in [0.2, 0.25) is 0 Å². The summed E-state index contributed by atoms with van der Waals surface area (Å²) in [4.78, 5) is 141. The molecule has 3 aliphatic carbocycles. The molecule has 12 amide bonds. The van der Waals surface area contributed by atoms with E-state index in [1.807, 2.05) is 34.6 Å². The quantitative estimate of drug-likeness (QED) is 0.0166. The highest BCUT2D eigenvalue weighted by Gasteiger charge is 2.57. The molecule has 0 aromatic carbocycles. The van der Waals surface area contributed by atoms with Crippen molar-refractivity contribution in [1.82, 2.24) is 69.1 Å². The molecule has 3 rings (SSSR count). The summed E-state index contributed by atoms with van der Waals surface area (Å²) in [6.45, 7) is 82.4. The van der Waals surface area contributed by atoms with Crippen LogP contribution in [0, 0.1) is 51.8 Å². The van der Waals surface area contributed by atoms with Gasteiger partial charge in [-0.1, -0.05) is 99.4 Å². The van der Waals surface area contributed by atoms with Crippen LogP contribution in [-0.4, -0.2) is 211 Å². The Bertz CT molecular complexity index is 3500. The van der Waals surface area contributed by atoms with E-state index < -0.39 is 22.5 Å². The fraction of sp³-hybridized carbons (Fsp3) is 0.582. The fourth-order valence-electron chi connectivity index (χ4n) is 12.8. The number of aliphatic hydroxyl groups is 2. The van der Waals surface area contributed by atoms with Gasteiger partial charge in [-0.05, 0) is 190 Å². The monoisotopic (exact) mass is 1700 g/mol. The molecule has 0 heterocycles. The molecule has 2 bridgehead atoms. The lowest BCUT2D eigenvalue weighted by atomic mass is 9.73. The molecule has 10 atom stereocenters. The summed E-state index contributed by atoms with van der Waals surface area (Å²) in [7, 11) is 0. The summed E-state index contributed by atoms with van der Waals surface area (Å²) < 4.78 is 17.9. The smallest absolute Gasteiger partial charge is 0.248 e. The van der Waals surface area contributed by atoms with Crippen LogP contribution in [0.1, 0.15) is 163 Å². The van der Waals surface area contributed by atoms with Gasteiger partial charge in [0.05, 0.1) is 39.6 Å². The number of fused-ring (bicyclic) bond motifs is 5. The van der Waals surface area contributed by atoms with Crippen molar-refractivity contribution in [3.8, 4) is 0 Å². The minimum atomic E-state index is -0.986. The van der Waals surface area contributed by atoms with Crippen molar-refractivity contribution >= 4 is 70.9 Å². The molecule has 0 radical (unpaired) electrons. The van der Waals surface area contributed by atoms with Gasteiger partial charge >= 0.3 is 0 Å². The maximum Gasteiger partial charge on any atom is 0.248 e. The van der Waals surface area contributed by atoms with Gasteiger partial charge in [0.15, 0.2) is 0 Å². The largest absolute Gasteiger partial charge is 0.379 e. The summed E-state index contributed by atoms with van der Waals surface area (Å²) in [5.74, 6) is 1.54. The molecule has 3 saturated carbocycles. The van der Waals surface area contributed by atoms with E-state index in [-0.39, 0.29) is 122 Å². The van der Waals surface area contributed by atoms with E-state index in [1.165, 1.54) is 25.7 Å². The van der Waals surface area contributed by atoms with E-state index in [0.29, 0.717) is 156 Å². The van der Waals surface area contributed by atoms with Crippen LogP contribution in [-0.2, 0) is 71.7 Å². The van der Waals surface area contributed by atoms with Crippen molar-refractivity contribution in [2.24, 2.45) is 51.8 Å². The Hall–Kier alpha value is -9.98. The van der Waals surface area contributed by atoms with Gasteiger partial charge in [-0.15, -0.1) is 0 Å². The molecule has 0 aromatic rings. The van der Waals surface area contributed by atoms with Crippen LogP contribution in [0.3, 0.4) is 0 Å². The number of carbonyl (C=O) groups excluding carboxylic acids is 12. The van der Waals surface area contributed by atoms with E-state index in [4.69, 9.17) is 19.3 Å². The highest BCUT2D eigenvalue weighted by Crippen LogP contribution is 2.62. The number of rotatable bonds is 50. The van der Waals surface area contributed by atoms with Gasteiger partial charge in [-0.25, -0.2) is 0 Å². The van der Waals surface area contributed by atoms with Gasteiger partial charge in [0.2, 0.25) is 70.9 Å². The first-order valence-corrected chi connectivity index (χ1v) is 40.9. The first kappa shape index (κ1) is 113. The highest BCUT2D eigenvalue weighted by atomic mass is 16.5. The number of hydrogen-bond acceptors (Lipinski definition) is 18. The van der Waals surface area contributed by atoms with Gasteiger partial charge < -0.3 is 88.2 Å². The summed E-state index contributed by atoms with van der Waals surface area (Å²) in [5, 5.41) is 54.5. The number of ether oxygens (including phenoxy) is 3. The molecule has 30 heteroatoms. The zero-order chi connectivity index (χ0) is 93.6. The number of aliphatic hydroxyl groups excluding tert-OH is 2. The molecule has 0 saturated heterocycles. The lowest BCUT2D eigenvalue weighted by molar-refractivity contribution is -0.120. The Balaban J connectivity index is 0. The highest BCUT2D eigenvalue weighted by molar-refractivity contribution is 5.97. The Morgan fingerprint density at radius 2 is 0.603 bits per heavy atom. The number of nitrogens with one attached hydrogen (secondary N) is 13. The zero-order valence-electron chi connectivity index (χ0n) is 76.0. The summed E-state index contributed by atoms with van der Waals surface area (Å²) in [5.41, 5.74) is 3.71. The van der Waals surface area contributed by atoms with Crippen LogP contribution >= 0.6 is 0 Å². The second kappa shape index (κ2) is 57.3. The average Bonchev–Trinajstić information content (AvgIpc) is 1.58. The lowest BCUT2D eigenvalue weighted by Gasteiger charge is -2.36. The van der Waals surface area contributed by atoms with Gasteiger partial charge in [-0.3, -0.25) is 62.9 Å². The number of carbonyl (C=O) groups is 12. The van der Waals surface area contributed by atoms with Crippen LogP contribution in [0.25, 0.3) is 0 Å². The third-order valence-corrected chi connectivity index (χ3v) is 20.6. The van der Waals surface area contributed by atoms with E-state index in [0.717, 1.165) is 36.8 Å². The molecule has 680 valence electrons. The Morgan fingerprint density at radius 3 is 0.860 bits per heavy atom. The summed E-state index contributed by atoms with van der Waals surface area (Å²) >= 11 is 0. The van der Waals surface area contributed by atoms with E-state index >= 15 is 0 Å². The van der Waals surface area contributed by atoms with E-state index in [1.54, 1.807) is 90.0 Å². The minimum Gasteiger partial charge on any atom is -0.379 e. The maximum absolute atomic E-state index is 12.0. The Labute approximate surface area is 721 Å². The molecule has 15 N–H and O–H groups in total. The van der Waals surface area contributed by atoms with Crippen molar-refractivity contribution < 1.29 is 82.0 Å². The number of hydrogen-bond donors (Lipinski definition) is 15. The van der Waals surface area contributed by atoms with Crippen LogP contribution in [0.5, 0.6) is 0 Å². The fourth-order valence-corrected chi connectivity index (χ4v) is 12.8. The van der Waals surface area contributed by atoms with Gasteiger partial charge in [0.1, 0.15) is 13.0 Å². The van der Waals surface area contributed by atoms with E-state index in [2.05, 4.69) is 155 Å². The molecule has 30 nitrogen and oxygen atoms in total. The lowest BCUT2D eigenvalue weighted by Crippen LogP contribution is -2.57. The second-order valence-electron chi connectivity index (χ2n) is 33.3. The van der Waals surface area contributed by atoms with Crippen LogP contribution < -0.4 is 69.1 Å². The van der Waals surface area contributed by atoms with Crippen LogP contribution in [0.4, 0.5) is 0 Å². The van der Waals surface area contributed by atoms with E-state index in [9.17, 15) is 62.6 Å². The summed E-state index contributed by atoms with van der Waals surface area (Å²) in [6.07, 6.45) is 5.41. The maximum atomic E-state index is 12.0. The Morgan fingerprint density at radius 1 is 0.339 bits per heavy atom. The standard InChI is InChI=1S/C27H47N3O6.C21H34N4O4.C20H30N2O2.C18H29N3O3.C5H9NO2/c1-11-27(15-34-12-21(8)28-24(31)18(2)3,16-35-13-22(9)29-25(32)19(4)5)17-36-14-23(10)30-26(33)20(6)7;1-13(2)17(26)22-9-21(10-23-18(27)14(3)4,11-24-19(28)15(5)6)12-25-20(29)16(7)8;1-11(2)19(23)21-9-13-5-6-16-17-8-14(18(13)16)7-15(17)10-22-20(24)12(3)4;1-8-18(9-19-15(22)12(2)3,10-20-16(23)13(4)5)11-21-17(24)14(6)7;1-4(2)5(8)6-3-7/h21-23H,2,4,6,11-17H2,1,3,5,7-10H3,(H,28,31)(H,29,32)(H,30,33);17,22,26H,1,3,5,7,9-12H2,2,4,6,8H3,(H,23,27)(H,24,28)(H,25,29);13-18H,1,3,5-10H2,2,4H3,(H,21,23)(H,22,24);2,4,6,8-11H2,1,3,5,7H3,(H,19,22)(H,20,23)(H,21,24);7H,1,3H2,2H3,(H,6,8). The predicted octanol–water partition coefficient (Wildman–Crippen LogP) is 6.97. The molecule has 0 aliphatic heterocycles. The number of amides is 12. The predicted molar refractivity (Wildman–Crippen MR) is 478 cm³/mol. The molecule has 3 fully saturated rings. The van der Waals surface area contributed by atoms with Gasteiger partial charge in [0.25, 0.3) is 0 Å². The topological polar surface area (TPSA) is 429 Å². The third-order valence-electron chi connectivity index (χ3n) is 20.6. The van der Waals surface area contributed by atoms with Crippen molar-refractivity contribution in [2.45, 2.75) is 188 Å². The molecule has 10 unspecified atom stereocenters. The SMILES string of the molecule is C=C(C)C(=O)NC(C)COCC(CC)(COCC(C)NC(=O)C(=C)C)COCC(C)NC(=O)C(=C)C.C=C(C)C(=O)NCC(CC)(CNC(=O)C(=C)C)CNC(=O)C(=C)C.C=C(C)C(=O)NCC(CNC(=O)C(=C)C)(CNC(=O)C(=C)C)CNC(O)C(=C)C.C=C(C)C(=O)NCC1CC2CC1C1CCC(CNC(=O)C(=C)C)C21.C=C(C)C(=O)NCO. The van der Waals surface area contributed by atoms with Gasteiger partial charge in [0, 0.05) is 160 Å². The van der Waals surface area contributed by atoms with Crippen LogP contribution in [0.15, 0.2) is 158 Å². The molecule has 3 aliphatic rings. The zero-order valence-corrected chi connectivity index (χ0v) is 76.0. The first-order chi connectivity index (χ1) is 56.1. The normalized spacial score (nSPS) is 17.1. The third kappa shape index (κ3) is 44.9. The van der Waals surface area contributed by atoms with Crippen molar-refractivity contribution in [2.75, 3.05) is 105 Å². The molecule has 0 aromatic heterocycles. The van der Waals surface area contributed by atoms with Crippen molar-refractivity contribution in [3.05, 3.63) is 158 Å². The molecule has 121 heavy (non-hydrogen) atoms. The Kier molecular flexibility index (Phi) is 53.6. The molecular weight excluding hydrogens is 1550 g/mol. The second-order valence-corrected chi connectivity index (χ2v) is 33.3. The van der Waals surface area contributed by atoms with Gasteiger partial charge in [-0.2, -0.15) is 0 Å². The summed E-state index contributed by atoms with van der Waals surface area (Å²) in [6, 6.07) is -0.582.